The minimum Gasteiger partial charge on any atom is -0.465 e. The maximum absolute atomic E-state index is 12.6. The van der Waals surface area contributed by atoms with E-state index in [0.29, 0.717) is 19.8 Å². The van der Waals surface area contributed by atoms with Crippen LogP contribution in [-0.4, -0.2) is 48.8 Å². The minimum atomic E-state index is -0.376. The molecule has 0 bridgehead atoms. The molecule has 0 amide bonds. The van der Waals surface area contributed by atoms with Gasteiger partial charge in [-0.25, -0.2) is 4.79 Å². The van der Waals surface area contributed by atoms with E-state index in [1.807, 2.05) is 13.1 Å². The van der Waals surface area contributed by atoms with Crippen molar-refractivity contribution < 1.29 is 14.3 Å². The molecular weight excluding hydrogens is 280 g/mol. The highest BCUT2D eigenvalue weighted by Crippen LogP contribution is 2.30. The van der Waals surface area contributed by atoms with Gasteiger partial charge in [0.05, 0.1) is 19.8 Å². The molecular formula is C17H22N2O3. The van der Waals surface area contributed by atoms with Crippen molar-refractivity contribution >= 4 is 16.9 Å². The lowest BCUT2D eigenvalue weighted by atomic mass is 10.0. The zero-order valence-corrected chi connectivity index (χ0v) is 13.1. The minimum absolute atomic E-state index is 0.188. The average molecular weight is 302 g/mol. The predicted octanol–water partition coefficient (Wildman–Crippen LogP) is 2.41. The highest BCUT2D eigenvalue weighted by atomic mass is 16.5. The number of hydrogen-bond donors (Lipinski definition) is 1. The Labute approximate surface area is 130 Å². The summed E-state index contributed by atoms with van der Waals surface area (Å²) in [4.78, 5) is 18.0. The fourth-order valence-electron chi connectivity index (χ4n) is 3.01. The number of H-pyrrole nitrogens is 1. The third-order valence-electron chi connectivity index (χ3n) is 4.08. The lowest BCUT2D eigenvalue weighted by Crippen LogP contribution is -2.42. The number of aromatic nitrogens is 1. The first-order chi connectivity index (χ1) is 10.7. The second kappa shape index (κ2) is 6.50. The van der Waals surface area contributed by atoms with Gasteiger partial charge in [0, 0.05) is 35.8 Å². The number of nitrogens with one attached hydrogen (secondary N) is 1. The van der Waals surface area contributed by atoms with E-state index in [1.54, 1.807) is 0 Å². The van der Waals surface area contributed by atoms with E-state index >= 15 is 0 Å². The summed E-state index contributed by atoms with van der Waals surface area (Å²) < 4.78 is 10.7. The molecule has 0 spiro atoms. The van der Waals surface area contributed by atoms with Crippen LogP contribution in [0.25, 0.3) is 10.9 Å². The number of carbonyl (C=O) groups excluding carboxylic acids is 1. The topological polar surface area (TPSA) is 54.6 Å². The van der Waals surface area contributed by atoms with E-state index < -0.39 is 0 Å². The quantitative estimate of drug-likeness (QED) is 0.881. The number of fused-ring (bicyclic) bond motifs is 1. The molecule has 2 heterocycles. The summed E-state index contributed by atoms with van der Waals surface area (Å²) in [6.07, 6.45) is 1.93. The number of nitrogens with zero attached hydrogens (tertiary/aromatic N) is 1. The summed E-state index contributed by atoms with van der Waals surface area (Å²) in [7, 11) is 0. The van der Waals surface area contributed by atoms with E-state index in [-0.39, 0.29) is 12.0 Å². The van der Waals surface area contributed by atoms with Crippen LogP contribution in [0.2, 0.25) is 0 Å². The molecule has 1 aliphatic heterocycles. The van der Waals surface area contributed by atoms with Crippen molar-refractivity contribution in [1.29, 1.82) is 0 Å². The van der Waals surface area contributed by atoms with Crippen LogP contribution in [0.5, 0.6) is 0 Å². The summed E-state index contributed by atoms with van der Waals surface area (Å²) in [6, 6.07) is 5.86. The number of carbonyl (C=O) groups is 1. The van der Waals surface area contributed by atoms with Gasteiger partial charge in [-0.1, -0.05) is 11.6 Å². The predicted molar refractivity (Wildman–Crippen MR) is 84.8 cm³/mol. The number of hydrogen-bond acceptors (Lipinski definition) is 4. The van der Waals surface area contributed by atoms with Crippen LogP contribution in [0.4, 0.5) is 0 Å². The van der Waals surface area contributed by atoms with Crippen LogP contribution in [0.3, 0.4) is 0 Å². The van der Waals surface area contributed by atoms with Gasteiger partial charge in [0.15, 0.2) is 0 Å². The Bertz CT molecular complexity index is 659. The summed E-state index contributed by atoms with van der Waals surface area (Å²) in [5.74, 6) is -0.188. The lowest BCUT2D eigenvalue weighted by Gasteiger charge is -2.32. The molecule has 1 aromatic heterocycles. The van der Waals surface area contributed by atoms with Crippen molar-refractivity contribution in [2.75, 3.05) is 32.9 Å². The molecule has 1 fully saturated rings. The Morgan fingerprint density at radius 1 is 1.41 bits per heavy atom. The lowest BCUT2D eigenvalue weighted by molar-refractivity contribution is -0.151. The molecule has 0 saturated carbocycles. The molecule has 1 saturated heterocycles. The normalized spacial score (nSPS) is 17.5. The SMILES string of the molecule is CCOC(=O)C(c1c[nH]c2ccc(C)cc12)N1CCOCC1. The molecule has 1 N–H and O–H groups in total. The molecule has 1 aromatic carbocycles. The van der Waals surface area contributed by atoms with Crippen LogP contribution in [0.15, 0.2) is 24.4 Å². The molecule has 2 aromatic rings. The Morgan fingerprint density at radius 2 is 2.18 bits per heavy atom. The first-order valence-corrected chi connectivity index (χ1v) is 7.76. The zero-order chi connectivity index (χ0) is 15.5. The zero-order valence-electron chi connectivity index (χ0n) is 13.1. The monoisotopic (exact) mass is 302 g/mol. The van der Waals surface area contributed by atoms with E-state index in [1.165, 1.54) is 5.56 Å². The number of rotatable bonds is 4. The molecule has 118 valence electrons. The fraction of sp³-hybridized carbons (Fsp3) is 0.471. The first-order valence-electron chi connectivity index (χ1n) is 7.76. The summed E-state index contributed by atoms with van der Waals surface area (Å²) >= 11 is 0. The third-order valence-corrected chi connectivity index (χ3v) is 4.08. The second-order valence-corrected chi connectivity index (χ2v) is 5.60. The maximum atomic E-state index is 12.6. The van der Waals surface area contributed by atoms with Crippen molar-refractivity contribution in [1.82, 2.24) is 9.88 Å². The van der Waals surface area contributed by atoms with E-state index in [4.69, 9.17) is 9.47 Å². The molecule has 1 aliphatic rings. The Hall–Kier alpha value is -1.85. The number of aryl methyl sites for hydroxylation is 1. The number of morpholine rings is 1. The standard InChI is InChI=1S/C17H22N2O3/c1-3-22-17(20)16(19-6-8-21-9-7-19)14-11-18-15-5-4-12(2)10-13(14)15/h4-5,10-11,16,18H,3,6-9H2,1-2H3. The first kappa shape index (κ1) is 15.1. The molecule has 5 heteroatoms. The van der Waals surface area contributed by atoms with Gasteiger partial charge in [0.2, 0.25) is 0 Å². The van der Waals surface area contributed by atoms with Crippen LogP contribution < -0.4 is 0 Å². The molecule has 1 unspecified atom stereocenters. The second-order valence-electron chi connectivity index (χ2n) is 5.60. The van der Waals surface area contributed by atoms with Crippen molar-refractivity contribution in [2.45, 2.75) is 19.9 Å². The molecule has 5 nitrogen and oxygen atoms in total. The van der Waals surface area contributed by atoms with Crippen molar-refractivity contribution in [3.05, 3.63) is 35.5 Å². The van der Waals surface area contributed by atoms with Gasteiger partial charge in [-0.2, -0.15) is 0 Å². The molecule has 0 radical (unpaired) electrons. The van der Waals surface area contributed by atoms with Gasteiger partial charge >= 0.3 is 5.97 Å². The van der Waals surface area contributed by atoms with Gasteiger partial charge in [-0.3, -0.25) is 4.90 Å². The molecule has 0 aliphatic carbocycles. The van der Waals surface area contributed by atoms with Gasteiger partial charge in [-0.05, 0) is 26.0 Å². The van der Waals surface area contributed by atoms with Crippen LogP contribution in [-0.2, 0) is 14.3 Å². The van der Waals surface area contributed by atoms with Gasteiger partial charge in [0.25, 0.3) is 0 Å². The largest absolute Gasteiger partial charge is 0.465 e. The number of esters is 1. The van der Waals surface area contributed by atoms with Crippen LogP contribution >= 0.6 is 0 Å². The Kier molecular flexibility index (Phi) is 4.45. The summed E-state index contributed by atoms with van der Waals surface area (Å²) in [5, 5.41) is 1.09. The highest BCUT2D eigenvalue weighted by molar-refractivity contribution is 5.90. The number of aromatic amines is 1. The van der Waals surface area contributed by atoms with Crippen LogP contribution in [0, 0.1) is 6.92 Å². The smallest absolute Gasteiger partial charge is 0.328 e. The van der Waals surface area contributed by atoms with Crippen LogP contribution in [0.1, 0.15) is 24.1 Å². The highest BCUT2D eigenvalue weighted by Gasteiger charge is 2.32. The number of ether oxygens (including phenoxy) is 2. The summed E-state index contributed by atoms with van der Waals surface area (Å²) in [5.41, 5.74) is 3.21. The Balaban J connectivity index is 2.02. The summed E-state index contributed by atoms with van der Waals surface area (Å²) in [6.45, 7) is 7.07. The van der Waals surface area contributed by atoms with E-state index in [2.05, 4.69) is 35.0 Å². The van der Waals surface area contributed by atoms with Gasteiger partial charge < -0.3 is 14.5 Å². The van der Waals surface area contributed by atoms with Gasteiger partial charge in [0.1, 0.15) is 6.04 Å². The average Bonchev–Trinajstić information content (AvgIpc) is 2.92. The van der Waals surface area contributed by atoms with Crippen molar-refractivity contribution in [3.63, 3.8) is 0 Å². The number of benzene rings is 1. The third kappa shape index (κ3) is 2.87. The van der Waals surface area contributed by atoms with Gasteiger partial charge in [-0.15, -0.1) is 0 Å². The van der Waals surface area contributed by atoms with E-state index in [0.717, 1.165) is 29.6 Å². The van der Waals surface area contributed by atoms with E-state index in [9.17, 15) is 4.79 Å². The van der Waals surface area contributed by atoms with Crippen molar-refractivity contribution in [3.8, 4) is 0 Å². The molecule has 1 atom stereocenters. The Morgan fingerprint density at radius 3 is 2.91 bits per heavy atom. The molecule has 22 heavy (non-hydrogen) atoms. The van der Waals surface area contributed by atoms with Crippen molar-refractivity contribution in [2.24, 2.45) is 0 Å². The molecule has 3 rings (SSSR count). The maximum Gasteiger partial charge on any atom is 0.328 e. The fourth-order valence-corrected chi connectivity index (χ4v) is 3.01.